The van der Waals surface area contributed by atoms with Gasteiger partial charge < -0.3 is 10.0 Å². The predicted octanol–water partition coefficient (Wildman–Crippen LogP) is 4.44. The number of carbonyl (C=O) groups is 1. The quantitative estimate of drug-likeness (QED) is 0.445. The van der Waals surface area contributed by atoms with Crippen LogP contribution in [0.5, 0.6) is 0 Å². The minimum Gasteiger partial charge on any atom is -0.478 e. The van der Waals surface area contributed by atoms with Crippen LogP contribution >= 0.6 is 0 Å². The first kappa shape index (κ1) is 18.0. The molecule has 0 aromatic heterocycles. The predicted molar refractivity (Wildman–Crippen MR) is 81.2 cm³/mol. The fraction of sp³-hybridized carbons (Fsp3) is 0.812. The summed E-state index contributed by atoms with van der Waals surface area (Å²) in [5.74, 6) is -0.784. The van der Waals surface area contributed by atoms with Gasteiger partial charge in [0.25, 0.3) is 0 Å². The van der Waals surface area contributed by atoms with Gasteiger partial charge in [0.05, 0.1) is 5.57 Å². The highest BCUT2D eigenvalue weighted by Crippen LogP contribution is 2.17. The third-order valence-electron chi connectivity index (χ3n) is 3.53. The van der Waals surface area contributed by atoms with Crippen LogP contribution in [-0.4, -0.2) is 29.1 Å². The summed E-state index contributed by atoms with van der Waals surface area (Å²) < 4.78 is 0. The molecule has 112 valence electrons. The number of allylic oxidation sites excluding steroid dienone is 1. The Morgan fingerprint density at radius 3 is 1.74 bits per heavy atom. The maximum atomic E-state index is 11.2. The van der Waals surface area contributed by atoms with Crippen molar-refractivity contribution in [2.24, 2.45) is 0 Å². The lowest BCUT2D eigenvalue weighted by atomic mass is 10.1. The number of hydrogen-bond donors (Lipinski definition) is 1. The van der Waals surface area contributed by atoms with Crippen LogP contribution < -0.4 is 0 Å². The van der Waals surface area contributed by atoms with Crippen molar-refractivity contribution >= 4 is 5.97 Å². The van der Waals surface area contributed by atoms with Gasteiger partial charge in [-0.2, -0.15) is 0 Å². The average molecular weight is 269 g/mol. The van der Waals surface area contributed by atoms with Gasteiger partial charge in [-0.3, -0.25) is 0 Å². The summed E-state index contributed by atoms with van der Waals surface area (Å²) in [6, 6.07) is 0. The molecule has 0 saturated carbocycles. The smallest absolute Gasteiger partial charge is 0.333 e. The lowest BCUT2D eigenvalue weighted by Crippen LogP contribution is -2.27. The van der Waals surface area contributed by atoms with Crippen LogP contribution in [0.3, 0.4) is 0 Å². The molecule has 0 radical (unpaired) electrons. The number of carboxylic acids is 1. The number of nitrogens with zero attached hydrogens (tertiary/aromatic N) is 1. The minimum absolute atomic E-state index is 0.510. The molecule has 0 aliphatic carbocycles. The van der Waals surface area contributed by atoms with E-state index in [0.29, 0.717) is 5.57 Å². The standard InChI is InChI=1S/C16H31NO2/c1-5-8-10-12-17(13-11-9-6-2)15(7-3)14(4)16(18)19/h5-13H2,1-4H3,(H,18,19)/b15-14+. The number of hydrogen-bond acceptors (Lipinski definition) is 2. The summed E-state index contributed by atoms with van der Waals surface area (Å²) in [5.41, 5.74) is 1.52. The topological polar surface area (TPSA) is 40.5 Å². The van der Waals surface area contributed by atoms with Crippen molar-refractivity contribution in [1.82, 2.24) is 4.90 Å². The first-order chi connectivity index (χ1) is 9.08. The Balaban J connectivity index is 4.75. The molecule has 0 spiro atoms. The Labute approximate surface area is 118 Å². The third kappa shape index (κ3) is 7.24. The highest BCUT2D eigenvalue weighted by Gasteiger charge is 2.14. The van der Waals surface area contributed by atoms with E-state index >= 15 is 0 Å². The summed E-state index contributed by atoms with van der Waals surface area (Å²) in [5, 5.41) is 9.19. The lowest BCUT2D eigenvalue weighted by Gasteiger charge is -2.28. The molecule has 0 amide bonds. The number of unbranched alkanes of at least 4 members (excludes halogenated alkanes) is 4. The van der Waals surface area contributed by atoms with Gasteiger partial charge in [0.1, 0.15) is 0 Å². The van der Waals surface area contributed by atoms with Gasteiger partial charge in [-0.25, -0.2) is 4.79 Å². The largest absolute Gasteiger partial charge is 0.478 e. The van der Waals surface area contributed by atoms with Gasteiger partial charge in [-0.15, -0.1) is 0 Å². The van der Waals surface area contributed by atoms with Gasteiger partial charge in [-0.05, 0) is 26.2 Å². The van der Waals surface area contributed by atoms with E-state index in [4.69, 9.17) is 0 Å². The lowest BCUT2D eigenvalue weighted by molar-refractivity contribution is -0.132. The molecule has 0 aliphatic heterocycles. The molecular weight excluding hydrogens is 238 g/mol. The van der Waals surface area contributed by atoms with Crippen LogP contribution in [0.25, 0.3) is 0 Å². The van der Waals surface area contributed by atoms with Gasteiger partial charge in [0.2, 0.25) is 0 Å². The SMILES string of the molecule is CCCCCN(CCCCC)/C(CC)=C(\C)C(=O)O. The monoisotopic (exact) mass is 269 g/mol. The van der Waals surface area contributed by atoms with E-state index in [1.807, 2.05) is 0 Å². The molecule has 0 saturated heterocycles. The second kappa shape index (κ2) is 10.9. The maximum absolute atomic E-state index is 11.2. The Morgan fingerprint density at radius 2 is 1.42 bits per heavy atom. The summed E-state index contributed by atoms with van der Waals surface area (Å²) in [6.07, 6.45) is 7.94. The van der Waals surface area contributed by atoms with E-state index in [1.54, 1.807) is 6.92 Å². The highest BCUT2D eigenvalue weighted by atomic mass is 16.4. The zero-order valence-electron chi connectivity index (χ0n) is 13.2. The van der Waals surface area contributed by atoms with Crippen LogP contribution in [0, 0.1) is 0 Å². The molecule has 0 rings (SSSR count). The van der Waals surface area contributed by atoms with Crippen molar-refractivity contribution in [3.05, 3.63) is 11.3 Å². The Morgan fingerprint density at radius 1 is 0.947 bits per heavy atom. The zero-order valence-corrected chi connectivity index (χ0v) is 13.2. The summed E-state index contributed by atoms with van der Waals surface area (Å²) >= 11 is 0. The van der Waals surface area contributed by atoms with Gasteiger partial charge in [0, 0.05) is 18.8 Å². The Hall–Kier alpha value is -0.990. The van der Waals surface area contributed by atoms with Crippen LogP contribution in [0.1, 0.15) is 72.6 Å². The Bertz CT molecular complexity index is 274. The molecule has 0 unspecified atom stereocenters. The molecule has 0 heterocycles. The Kier molecular flexibility index (Phi) is 10.3. The van der Waals surface area contributed by atoms with Gasteiger partial charge in [0.15, 0.2) is 0 Å². The van der Waals surface area contributed by atoms with E-state index in [1.165, 1.54) is 25.7 Å². The molecular formula is C16H31NO2. The second-order valence-electron chi connectivity index (χ2n) is 5.13. The van der Waals surface area contributed by atoms with Crippen molar-refractivity contribution in [3.63, 3.8) is 0 Å². The van der Waals surface area contributed by atoms with Crippen molar-refractivity contribution in [3.8, 4) is 0 Å². The van der Waals surface area contributed by atoms with Crippen LogP contribution in [-0.2, 0) is 4.79 Å². The summed E-state index contributed by atoms with van der Waals surface area (Å²) in [4.78, 5) is 13.5. The van der Waals surface area contributed by atoms with E-state index in [0.717, 1.165) is 38.0 Å². The number of rotatable bonds is 11. The van der Waals surface area contributed by atoms with Crippen molar-refractivity contribution in [2.75, 3.05) is 13.1 Å². The first-order valence-electron chi connectivity index (χ1n) is 7.76. The van der Waals surface area contributed by atoms with Gasteiger partial charge in [-0.1, -0.05) is 46.5 Å². The molecule has 19 heavy (non-hydrogen) atoms. The molecule has 0 aromatic carbocycles. The minimum atomic E-state index is -0.784. The van der Waals surface area contributed by atoms with E-state index in [9.17, 15) is 9.90 Å². The molecule has 1 N–H and O–H groups in total. The summed E-state index contributed by atoms with van der Waals surface area (Å²) in [6.45, 7) is 10.2. The normalized spacial score (nSPS) is 12.2. The van der Waals surface area contributed by atoms with Crippen molar-refractivity contribution in [2.45, 2.75) is 72.6 Å². The third-order valence-corrected chi connectivity index (χ3v) is 3.53. The molecule has 0 bridgehead atoms. The number of aliphatic carboxylic acids is 1. The average Bonchev–Trinajstić information content (AvgIpc) is 2.39. The van der Waals surface area contributed by atoms with Crippen molar-refractivity contribution in [1.29, 1.82) is 0 Å². The van der Waals surface area contributed by atoms with Crippen molar-refractivity contribution < 1.29 is 9.90 Å². The highest BCUT2D eigenvalue weighted by molar-refractivity contribution is 5.86. The van der Waals surface area contributed by atoms with E-state index in [2.05, 4.69) is 25.7 Å². The van der Waals surface area contributed by atoms with Crippen LogP contribution in [0.4, 0.5) is 0 Å². The zero-order chi connectivity index (χ0) is 14.7. The maximum Gasteiger partial charge on any atom is 0.333 e. The van der Waals surface area contributed by atoms with Gasteiger partial charge >= 0.3 is 5.97 Å². The van der Waals surface area contributed by atoms with Crippen LogP contribution in [0.2, 0.25) is 0 Å². The fourth-order valence-corrected chi connectivity index (χ4v) is 2.34. The van der Waals surface area contributed by atoms with Crippen LogP contribution in [0.15, 0.2) is 11.3 Å². The van der Waals surface area contributed by atoms with E-state index < -0.39 is 5.97 Å². The second-order valence-corrected chi connectivity index (χ2v) is 5.13. The molecule has 0 aliphatic rings. The molecule has 3 heteroatoms. The molecule has 0 atom stereocenters. The van der Waals surface area contributed by atoms with E-state index in [-0.39, 0.29) is 0 Å². The molecule has 0 aromatic rings. The summed E-state index contributed by atoms with van der Waals surface area (Å²) in [7, 11) is 0. The fourth-order valence-electron chi connectivity index (χ4n) is 2.34. The molecule has 3 nitrogen and oxygen atoms in total. The number of carboxylic acid groups (broad SMARTS) is 1. The molecule has 0 fully saturated rings. The first-order valence-corrected chi connectivity index (χ1v) is 7.76.